The molecule has 1 heterocycles. The third kappa shape index (κ3) is 3.29. The molecule has 1 amide bonds. The molecule has 0 atom stereocenters. The molecule has 1 rings (SSSR count). The third-order valence-corrected chi connectivity index (χ3v) is 3.40. The fraction of sp³-hybridized carbons (Fsp3) is 0.375. The molecule has 0 aliphatic heterocycles. The zero-order valence-electron chi connectivity index (χ0n) is 7.09. The van der Waals surface area contributed by atoms with Crippen LogP contribution in [0.15, 0.2) is 15.9 Å². The second-order valence-electron chi connectivity index (χ2n) is 2.59. The molecule has 13 heavy (non-hydrogen) atoms. The molecule has 0 saturated carbocycles. The lowest BCUT2D eigenvalue weighted by Crippen LogP contribution is -2.26. The molecule has 72 valence electrons. The Labute approximate surface area is 94.6 Å². The molecule has 0 unspecified atom stereocenters. The molecule has 0 aliphatic carbocycles. The first-order valence-electron chi connectivity index (χ1n) is 3.67. The van der Waals surface area contributed by atoms with Gasteiger partial charge in [-0.25, -0.2) is 0 Å². The maximum atomic E-state index is 11.1. The Balaban J connectivity index is 2.54. The molecule has 0 bridgehead atoms. The van der Waals surface area contributed by atoms with Crippen LogP contribution in [0.25, 0.3) is 0 Å². The summed E-state index contributed by atoms with van der Waals surface area (Å²) in [5.41, 5.74) is 0. The van der Waals surface area contributed by atoms with E-state index in [4.69, 9.17) is 11.6 Å². The minimum absolute atomic E-state index is 0.0447. The van der Waals surface area contributed by atoms with Crippen molar-refractivity contribution in [3.63, 3.8) is 0 Å². The van der Waals surface area contributed by atoms with Crippen molar-refractivity contribution >= 4 is 44.8 Å². The van der Waals surface area contributed by atoms with Gasteiger partial charge in [-0.3, -0.25) is 4.79 Å². The van der Waals surface area contributed by atoms with E-state index >= 15 is 0 Å². The van der Waals surface area contributed by atoms with Gasteiger partial charge in [-0.2, -0.15) is 0 Å². The molecule has 1 aromatic rings. The second kappa shape index (κ2) is 4.98. The molecule has 0 aliphatic rings. The van der Waals surface area contributed by atoms with Gasteiger partial charge in [0, 0.05) is 11.9 Å². The normalized spacial score (nSPS) is 10.1. The van der Waals surface area contributed by atoms with E-state index in [-0.39, 0.29) is 11.8 Å². The third-order valence-electron chi connectivity index (χ3n) is 1.56. The van der Waals surface area contributed by atoms with Crippen LogP contribution in [0.2, 0.25) is 0 Å². The summed E-state index contributed by atoms with van der Waals surface area (Å²) in [6.45, 7) is 0.627. The van der Waals surface area contributed by atoms with Gasteiger partial charge >= 0.3 is 0 Å². The molecule has 0 spiro atoms. The Bertz CT molecular complexity index is 302. The summed E-state index contributed by atoms with van der Waals surface area (Å²) >= 11 is 10.4. The zero-order valence-corrected chi connectivity index (χ0v) is 10.2. The average molecular weight is 283 g/mol. The average Bonchev–Trinajstić information content (AvgIpc) is 2.49. The molecule has 2 nitrogen and oxygen atoms in total. The van der Waals surface area contributed by atoms with Crippen LogP contribution >= 0.6 is 38.9 Å². The van der Waals surface area contributed by atoms with Crippen LogP contribution in [0.3, 0.4) is 0 Å². The highest BCUT2D eigenvalue weighted by molar-refractivity contribution is 9.11. The van der Waals surface area contributed by atoms with Crippen molar-refractivity contribution in [3.05, 3.63) is 20.8 Å². The Morgan fingerprint density at radius 1 is 1.69 bits per heavy atom. The number of amides is 1. The van der Waals surface area contributed by atoms with Crippen LogP contribution in [0.5, 0.6) is 0 Å². The number of thiophene rings is 1. The summed E-state index contributed by atoms with van der Waals surface area (Å²) in [5, 5.41) is 0. The fourth-order valence-electron chi connectivity index (χ4n) is 0.861. The van der Waals surface area contributed by atoms with Crippen molar-refractivity contribution in [2.24, 2.45) is 0 Å². The molecule has 0 N–H and O–H groups in total. The van der Waals surface area contributed by atoms with E-state index in [0.29, 0.717) is 6.54 Å². The fourth-order valence-corrected chi connectivity index (χ4v) is 2.60. The molecule has 0 aromatic carbocycles. The number of carbonyl (C=O) groups excluding carboxylic acids is 1. The molecular weight excluding hydrogens is 274 g/mol. The Morgan fingerprint density at radius 3 is 2.85 bits per heavy atom. The van der Waals surface area contributed by atoms with E-state index < -0.39 is 0 Å². The Morgan fingerprint density at radius 2 is 2.38 bits per heavy atom. The highest BCUT2D eigenvalue weighted by Crippen LogP contribution is 2.22. The first-order valence-corrected chi connectivity index (χ1v) is 5.82. The van der Waals surface area contributed by atoms with E-state index in [9.17, 15) is 4.79 Å². The van der Waals surface area contributed by atoms with Crippen molar-refractivity contribution < 1.29 is 4.79 Å². The van der Waals surface area contributed by atoms with E-state index in [1.807, 2.05) is 12.1 Å². The minimum atomic E-state index is -0.0498. The van der Waals surface area contributed by atoms with Gasteiger partial charge in [-0.15, -0.1) is 22.9 Å². The van der Waals surface area contributed by atoms with Crippen LogP contribution in [-0.2, 0) is 11.3 Å². The highest BCUT2D eigenvalue weighted by Gasteiger charge is 2.08. The van der Waals surface area contributed by atoms with Crippen LogP contribution in [0, 0.1) is 0 Å². The minimum Gasteiger partial charge on any atom is -0.340 e. The van der Waals surface area contributed by atoms with Crippen LogP contribution in [0.1, 0.15) is 4.88 Å². The summed E-state index contributed by atoms with van der Waals surface area (Å²) in [5.74, 6) is -0.00514. The first kappa shape index (κ1) is 11.0. The van der Waals surface area contributed by atoms with Gasteiger partial charge in [0.1, 0.15) is 5.88 Å². The summed E-state index contributed by atoms with van der Waals surface area (Å²) in [6.07, 6.45) is 0. The number of halogens is 2. The van der Waals surface area contributed by atoms with E-state index in [2.05, 4.69) is 15.9 Å². The number of rotatable bonds is 3. The standard InChI is InChI=1S/C8H9BrClNOS/c1-11(8(12)4-10)5-6-2-3-7(9)13-6/h2-3H,4-5H2,1H3. The molecule has 0 saturated heterocycles. The number of hydrogen-bond donors (Lipinski definition) is 0. The van der Waals surface area contributed by atoms with E-state index in [1.165, 1.54) is 0 Å². The van der Waals surface area contributed by atoms with Crippen LogP contribution in [0.4, 0.5) is 0 Å². The van der Waals surface area contributed by atoms with Crippen molar-refractivity contribution in [3.8, 4) is 0 Å². The molecule has 0 radical (unpaired) electrons. The lowest BCUT2D eigenvalue weighted by molar-refractivity contribution is -0.127. The number of carbonyl (C=O) groups is 1. The van der Waals surface area contributed by atoms with Gasteiger partial charge in [0.05, 0.1) is 10.3 Å². The predicted molar refractivity (Wildman–Crippen MR) is 59.2 cm³/mol. The SMILES string of the molecule is CN(Cc1ccc(Br)s1)C(=O)CCl. The maximum Gasteiger partial charge on any atom is 0.237 e. The van der Waals surface area contributed by atoms with E-state index in [1.54, 1.807) is 23.3 Å². The summed E-state index contributed by atoms with van der Waals surface area (Å²) in [6, 6.07) is 3.96. The molecule has 0 fully saturated rings. The van der Waals surface area contributed by atoms with Crippen LogP contribution in [-0.4, -0.2) is 23.7 Å². The van der Waals surface area contributed by atoms with Gasteiger partial charge in [-0.1, -0.05) is 0 Å². The van der Waals surface area contributed by atoms with Gasteiger partial charge in [0.25, 0.3) is 0 Å². The van der Waals surface area contributed by atoms with Gasteiger partial charge < -0.3 is 4.90 Å². The summed E-state index contributed by atoms with van der Waals surface area (Å²) in [4.78, 5) is 13.9. The van der Waals surface area contributed by atoms with E-state index in [0.717, 1.165) is 8.66 Å². The summed E-state index contributed by atoms with van der Waals surface area (Å²) in [7, 11) is 1.75. The monoisotopic (exact) mass is 281 g/mol. The van der Waals surface area contributed by atoms with Crippen molar-refractivity contribution in [2.45, 2.75) is 6.54 Å². The van der Waals surface area contributed by atoms with Gasteiger partial charge in [0.2, 0.25) is 5.91 Å². The largest absolute Gasteiger partial charge is 0.340 e. The first-order chi connectivity index (χ1) is 6.13. The second-order valence-corrected chi connectivity index (χ2v) is 5.40. The van der Waals surface area contributed by atoms with Gasteiger partial charge in [0.15, 0.2) is 0 Å². The van der Waals surface area contributed by atoms with Crippen molar-refractivity contribution in [1.29, 1.82) is 0 Å². The quantitative estimate of drug-likeness (QED) is 0.781. The van der Waals surface area contributed by atoms with Crippen molar-refractivity contribution in [2.75, 3.05) is 12.9 Å². The predicted octanol–water partition coefficient (Wildman–Crippen LogP) is 2.71. The number of nitrogens with zero attached hydrogens (tertiary/aromatic N) is 1. The topological polar surface area (TPSA) is 20.3 Å². The Hall–Kier alpha value is -0.0600. The van der Waals surface area contributed by atoms with Crippen LogP contribution < -0.4 is 0 Å². The maximum absolute atomic E-state index is 11.1. The molecular formula is C8H9BrClNOS. The molecule has 5 heteroatoms. The summed E-state index contributed by atoms with van der Waals surface area (Å²) < 4.78 is 1.08. The lowest BCUT2D eigenvalue weighted by Gasteiger charge is -2.13. The smallest absolute Gasteiger partial charge is 0.237 e. The Kier molecular flexibility index (Phi) is 4.22. The molecule has 1 aromatic heterocycles. The van der Waals surface area contributed by atoms with Gasteiger partial charge in [-0.05, 0) is 28.1 Å². The lowest BCUT2D eigenvalue weighted by atomic mass is 10.4. The zero-order chi connectivity index (χ0) is 9.84. The van der Waals surface area contributed by atoms with Crippen molar-refractivity contribution in [1.82, 2.24) is 4.90 Å². The highest BCUT2D eigenvalue weighted by atomic mass is 79.9. The number of alkyl halides is 1. The number of hydrogen-bond acceptors (Lipinski definition) is 2.